The molecule has 0 aromatic rings. The van der Waals surface area contributed by atoms with Gasteiger partial charge < -0.3 is 10.1 Å². The molecule has 0 rings (SSSR count). The molecule has 5 nitrogen and oxygen atoms in total. The molecule has 0 saturated heterocycles. The predicted octanol–water partition coefficient (Wildman–Crippen LogP) is 1.18. The van der Waals surface area contributed by atoms with Gasteiger partial charge in [0.1, 0.15) is 6.04 Å². The molecule has 0 fully saturated rings. The Kier molecular flexibility index (Phi) is 9.28. The fourth-order valence-electron chi connectivity index (χ4n) is 1.88. The van der Waals surface area contributed by atoms with Crippen molar-refractivity contribution in [2.24, 2.45) is 0 Å². The van der Waals surface area contributed by atoms with E-state index in [0.29, 0.717) is 0 Å². The van der Waals surface area contributed by atoms with Gasteiger partial charge >= 0.3 is 5.97 Å². The summed E-state index contributed by atoms with van der Waals surface area (Å²) in [5.41, 5.74) is 0. The van der Waals surface area contributed by atoms with Crippen LogP contribution in [0.3, 0.4) is 0 Å². The van der Waals surface area contributed by atoms with Crippen LogP contribution in [0.1, 0.15) is 39.5 Å². The molecule has 0 radical (unpaired) electrons. The second-order valence-electron chi connectivity index (χ2n) is 4.32. The molecule has 1 N–H and O–H groups in total. The van der Waals surface area contributed by atoms with Gasteiger partial charge in [0.2, 0.25) is 5.91 Å². The molecule has 0 aliphatic carbocycles. The van der Waals surface area contributed by atoms with Gasteiger partial charge in [-0.25, -0.2) is 0 Å². The Morgan fingerprint density at radius 2 is 1.94 bits per heavy atom. The van der Waals surface area contributed by atoms with Crippen molar-refractivity contribution in [3.05, 3.63) is 0 Å². The summed E-state index contributed by atoms with van der Waals surface area (Å²) in [5.74, 6) is -0.324. The van der Waals surface area contributed by atoms with Crippen LogP contribution in [0.4, 0.5) is 0 Å². The van der Waals surface area contributed by atoms with Gasteiger partial charge in [-0.2, -0.15) is 0 Å². The van der Waals surface area contributed by atoms with E-state index in [1.54, 1.807) is 7.05 Å². The first-order valence-corrected chi connectivity index (χ1v) is 6.63. The fourth-order valence-corrected chi connectivity index (χ4v) is 1.88. The molecule has 5 heteroatoms. The number of carbonyl (C=O) groups is 2. The lowest BCUT2D eigenvalue weighted by atomic mass is 10.1. The largest absolute Gasteiger partial charge is 0.468 e. The van der Waals surface area contributed by atoms with Gasteiger partial charge in [0.05, 0.1) is 13.7 Å². The quantitative estimate of drug-likeness (QED) is 0.631. The second kappa shape index (κ2) is 9.88. The van der Waals surface area contributed by atoms with E-state index in [1.807, 2.05) is 11.8 Å². The van der Waals surface area contributed by atoms with Gasteiger partial charge in [0.15, 0.2) is 0 Å². The third kappa shape index (κ3) is 6.00. The van der Waals surface area contributed by atoms with Crippen molar-refractivity contribution in [1.82, 2.24) is 10.2 Å². The standard InChI is InChI=1S/C13H26N2O3/c1-5-7-8-11(13(17)18-4)15(9-6-2)10-12(16)14-3/h11H,5-10H2,1-4H3,(H,14,16). The van der Waals surface area contributed by atoms with Crippen molar-refractivity contribution in [3.8, 4) is 0 Å². The zero-order valence-corrected chi connectivity index (χ0v) is 12.0. The Morgan fingerprint density at radius 3 is 2.39 bits per heavy atom. The topological polar surface area (TPSA) is 58.6 Å². The number of nitrogens with zero attached hydrogens (tertiary/aromatic N) is 1. The van der Waals surface area contributed by atoms with Crippen molar-refractivity contribution >= 4 is 11.9 Å². The summed E-state index contributed by atoms with van der Waals surface area (Å²) in [6.07, 6.45) is 3.61. The first-order chi connectivity index (χ1) is 8.60. The lowest BCUT2D eigenvalue weighted by molar-refractivity contribution is -0.147. The van der Waals surface area contributed by atoms with Crippen molar-refractivity contribution in [2.75, 3.05) is 27.2 Å². The number of nitrogens with one attached hydrogen (secondary N) is 1. The van der Waals surface area contributed by atoms with Gasteiger partial charge in [0.25, 0.3) is 0 Å². The third-order valence-corrected chi connectivity index (χ3v) is 2.88. The Morgan fingerprint density at radius 1 is 1.28 bits per heavy atom. The van der Waals surface area contributed by atoms with Crippen LogP contribution < -0.4 is 5.32 Å². The van der Waals surface area contributed by atoms with Gasteiger partial charge in [0, 0.05) is 7.05 Å². The van der Waals surface area contributed by atoms with E-state index in [9.17, 15) is 9.59 Å². The molecule has 106 valence electrons. The smallest absolute Gasteiger partial charge is 0.323 e. The summed E-state index contributed by atoms with van der Waals surface area (Å²) in [7, 11) is 3.00. The molecule has 0 heterocycles. The van der Waals surface area contributed by atoms with Crippen LogP contribution in [-0.4, -0.2) is 50.1 Å². The number of hydrogen-bond donors (Lipinski definition) is 1. The van der Waals surface area contributed by atoms with Gasteiger partial charge in [-0.1, -0.05) is 26.7 Å². The number of hydrogen-bond acceptors (Lipinski definition) is 4. The van der Waals surface area contributed by atoms with Gasteiger partial charge in [-0.15, -0.1) is 0 Å². The van der Waals surface area contributed by atoms with E-state index >= 15 is 0 Å². The van der Waals surface area contributed by atoms with Crippen LogP contribution in [0.25, 0.3) is 0 Å². The van der Waals surface area contributed by atoms with Crippen LogP contribution in [0, 0.1) is 0 Å². The van der Waals surface area contributed by atoms with E-state index in [1.165, 1.54) is 7.11 Å². The lowest BCUT2D eigenvalue weighted by Crippen LogP contribution is -2.46. The Balaban J connectivity index is 4.71. The first-order valence-electron chi connectivity index (χ1n) is 6.63. The molecule has 18 heavy (non-hydrogen) atoms. The summed E-state index contributed by atoms with van der Waals surface area (Å²) >= 11 is 0. The maximum atomic E-state index is 11.8. The Hall–Kier alpha value is -1.10. The molecule has 1 amide bonds. The highest BCUT2D eigenvalue weighted by Crippen LogP contribution is 2.11. The van der Waals surface area contributed by atoms with Crippen LogP contribution in [-0.2, 0) is 14.3 Å². The molecule has 0 aromatic carbocycles. The molecular formula is C13H26N2O3. The highest BCUT2D eigenvalue weighted by atomic mass is 16.5. The lowest BCUT2D eigenvalue weighted by Gasteiger charge is -2.28. The second-order valence-corrected chi connectivity index (χ2v) is 4.32. The van der Waals surface area contributed by atoms with Gasteiger partial charge in [-0.05, 0) is 19.4 Å². The third-order valence-electron chi connectivity index (χ3n) is 2.88. The average Bonchev–Trinajstić information content (AvgIpc) is 2.38. The summed E-state index contributed by atoms with van der Waals surface area (Å²) in [6.45, 7) is 5.08. The molecule has 0 saturated carbocycles. The monoisotopic (exact) mass is 258 g/mol. The predicted molar refractivity (Wildman–Crippen MR) is 71.3 cm³/mol. The first kappa shape index (κ1) is 16.9. The Labute approximate surface area is 110 Å². The molecule has 0 bridgehead atoms. The maximum absolute atomic E-state index is 11.8. The fraction of sp³-hybridized carbons (Fsp3) is 0.846. The molecule has 0 aromatic heterocycles. The summed E-state index contributed by atoms with van der Waals surface area (Å²) < 4.78 is 4.84. The maximum Gasteiger partial charge on any atom is 0.323 e. The van der Waals surface area contributed by atoms with Crippen molar-refractivity contribution in [3.63, 3.8) is 0 Å². The van der Waals surface area contributed by atoms with E-state index < -0.39 is 0 Å². The normalized spacial score (nSPS) is 12.3. The van der Waals surface area contributed by atoms with Crippen LogP contribution in [0.5, 0.6) is 0 Å². The molecular weight excluding hydrogens is 232 g/mol. The minimum absolute atomic E-state index is 0.0751. The molecule has 0 aliphatic rings. The van der Waals surface area contributed by atoms with Crippen molar-refractivity contribution < 1.29 is 14.3 Å². The van der Waals surface area contributed by atoms with Crippen LogP contribution in [0.2, 0.25) is 0 Å². The van der Waals surface area contributed by atoms with Crippen LogP contribution in [0.15, 0.2) is 0 Å². The minimum atomic E-state index is -0.313. The number of unbranched alkanes of at least 4 members (excludes halogenated alkanes) is 1. The zero-order valence-electron chi connectivity index (χ0n) is 12.0. The molecule has 0 spiro atoms. The van der Waals surface area contributed by atoms with E-state index in [4.69, 9.17) is 4.74 Å². The highest BCUT2D eigenvalue weighted by molar-refractivity contribution is 5.80. The number of carbonyl (C=O) groups excluding carboxylic acids is 2. The summed E-state index contributed by atoms with van der Waals surface area (Å²) in [6, 6.07) is -0.313. The average molecular weight is 258 g/mol. The minimum Gasteiger partial charge on any atom is -0.468 e. The van der Waals surface area contributed by atoms with Crippen molar-refractivity contribution in [1.29, 1.82) is 0 Å². The summed E-state index contributed by atoms with van der Waals surface area (Å²) in [5, 5.41) is 2.59. The number of amides is 1. The van der Waals surface area contributed by atoms with Crippen molar-refractivity contribution in [2.45, 2.75) is 45.6 Å². The molecule has 1 unspecified atom stereocenters. The molecule has 1 atom stereocenters. The SMILES string of the molecule is CCCCC(C(=O)OC)N(CCC)CC(=O)NC. The number of methoxy groups -OCH3 is 1. The Bertz CT molecular complexity index is 257. The van der Waals surface area contributed by atoms with E-state index in [-0.39, 0.29) is 24.5 Å². The number of esters is 1. The van der Waals surface area contributed by atoms with Gasteiger partial charge in [-0.3, -0.25) is 14.5 Å². The highest BCUT2D eigenvalue weighted by Gasteiger charge is 2.26. The van der Waals surface area contributed by atoms with E-state index in [2.05, 4.69) is 12.2 Å². The number of likely N-dealkylation sites (N-methyl/N-ethyl adjacent to an activating group) is 1. The number of rotatable bonds is 9. The zero-order chi connectivity index (χ0) is 14.0. The van der Waals surface area contributed by atoms with E-state index in [0.717, 1.165) is 32.2 Å². The molecule has 0 aliphatic heterocycles. The van der Waals surface area contributed by atoms with Crippen LogP contribution >= 0.6 is 0 Å². The summed E-state index contributed by atoms with van der Waals surface area (Å²) in [4.78, 5) is 25.2. The number of ether oxygens (including phenoxy) is 1.